The van der Waals surface area contributed by atoms with Gasteiger partial charge < -0.3 is 5.73 Å². The second kappa shape index (κ2) is 2.47. The molecule has 0 unspecified atom stereocenters. The van der Waals surface area contributed by atoms with E-state index >= 15 is 0 Å². The summed E-state index contributed by atoms with van der Waals surface area (Å²) in [5, 5.41) is 0. The highest BCUT2D eigenvalue weighted by Gasteiger charge is 1.93. The smallest absolute Gasteiger partial charge is 0.125 e. The lowest BCUT2D eigenvalue weighted by Gasteiger charge is -1.97. The largest absolute Gasteiger partial charge is 0.397 e. The fourth-order valence-electron chi connectivity index (χ4n) is 0.635. The second-order valence-electron chi connectivity index (χ2n) is 2.01. The molecular formula is C7H9N3. The Hall–Kier alpha value is -1.38. The number of rotatable bonds is 1. The number of hydrogen-bond acceptors (Lipinski definition) is 3. The molecule has 0 saturated carbocycles. The summed E-state index contributed by atoms with van der Waals surface area (Å²) in [4.78, 5) is 7.95. The van der Waals surface area contributed by atoms with Crippen LogP contribution in [0.4, 0.5) is 0 Å². The molecule has 0 aliphatic heterocycles. The normalized spacial score (nSPS) is 9.30. The predicted octanol–water partition coefficient (Wildman–Crippen LogP) is 0.714. The minimum atomic E-state index is 0.477. The first kappa shape index (κ1) is 6.74. The zero-order valence-corrected chi connectivity index (χ0v) is 5.83. The Morgan fingerprint density at radius 1 is 1.70 bits per heavy atom. The summed E-state index contributed by atoms with van der Waals surface area (Å²) in [5.74, 6) is 0.712. The molecule has 52 valence electrons. The Morgan fingerprint density at radius 3 is 2.80 bits per heavy atom. The minimum Gasteiger partial charge on any atom is -0.397 e. The fraction of sp³-hybridized carbons (Fsp3) is 0.143. The van der Waals surface area contributed by atoms with E-state index in [4.69, 9.17) is 5.73 Å². The van der Waals surface area contributed by atoms with Crippen molar-refractivity contribution in [3.63, 3.8) is 0 Å². The zero-order chi connectivity index (χ0) is 7.56. The lowest BCUT2D eigenvalue weighted by molar-refractivity contribution is 1.03. The van der Waals surface area contributed by atoms with E-state index in [0.29, 0.717) is 17.2 Å². The van der Waals surface area contributed by atoms with E-state index in [-0.39, 0.29) is 0 Å². The lowest BCUT2D eigenvalue weighted by Crippen LogP contribution is -1.99. The lowest BCUT2D eigenvalue weighted by atomic mass is 10.3. The molecule has 1 aromatic rings. The Labute approximate surface area is 59.6 Å². The van der Waals surface area contributed by atoms with Crippen LogP contribution in [-0.4, -0.2) is 9.97 Å². The Morgan fingerprint density at radius 2 is 2.40 bits per heavy atom. The standard InChI is InChI=1S/C7H9N3/c1-5(8)7-3-4-9-6(2)10-7/h3-4H,1,8H2,2H3. The van der Waals surface area contributed by atoms with Gasteiger partial charge >= 0.3 is 0 Å². The molecule has 1 rings (SSSR count). The number of aryl methyl sites for hydroxylation is 1. The van der Waals surface area contributed by atoms with Crippen molar-refractivity contribution >= 4 is 5.70 Å². The van der Waals surface area contributed by atoms with Crippen LogP contribution < -0.4 is 5.73 Å². The molecular weight excluding hydrogens is 126 g/mol. The highest BCUT2D eigenvalue weighted by Crippen LogP contribution is 2.00. The molecule has 0 spiro atoms. The summed E-state index contributed by atoms with van der Waals surface area (Å²) >= 11 is 0. The van der Waals surface area contributed by atoms with Gasteiger partial charge in [-0.15, -0.1) is 0 Å². The van der Waals surface area contributed by atoms with E-state index < -0.39 is 0 Å². The maximum absolute atomic E-state index is 5.40. The quantitative estimate of drug-likeness (QED) is 0.617. The molecule has 0 bridgehead atoms. The molecule has 0 saturated heterocycles. The van der Waals surface area contributed by atoms with Gasteiger partial charge in [-0.1, -0.05) is 6.58 Å². The van der Waals surface area contributed by atoms with Crippen molar-refractivity contribution in [2.75, 3.05) is 0 Å². The fourth-order valence-corrected chi connectivity index (χ4v) is 0.635. The predicted molar refractivity (Wildman–Crippen MR) is 40.0 cm³/mol. The van der Waals surface area contributed by atoms with Gasteiger partial charge in [-0.2, -0.15) is 0 Å². The third-order valence-electron chi connectivity index (χ3n) is 1.11. The molecule has 0 amide bonds. The van der Waals surface area contributed by atoms with Gasteiger partial charge in [0.15, 0.2) is 0 Å². The third-order valence-corrected chi connectivity index (χ3v) is 1.11. The van der Waals surface area contributed by atoms with Gasteiger partial charge in [-0.05, 0) is 13.0 Å². The number of hydrogen-bond donors (Lipinski definition) is 1. The van der Waals surface area contributed by atoms with E-state index in [1.165, 1.54) is 0 Å². The molecule has 2 N–H and O–H groups in total. The van der Waals surface area contributed by atoms with Crippen molar-refractivity contribution in [3.05, 3.63) is 30.4 Å². The third kappa shape index (κ3) is 1.31. The van der Waals surface area contributed by atoms with Crippen LogP contribution >= 0.6 is 0 Å². The van der Waals surface area contributed by atoms with Crippen LogP contribution in [0.15, 0.2) is 18.8 Å². The van der Waals surface area contributed by atoms with Gasteiger partial charge in [-0.25, -0.2) is 9.97 Å². The molecule has 0 fully saturated rings. The van der Waals surface area contributed by atoms with Crippen molar-refractivity contribution < 1.29 is 0 Å². The summed E-state index contributed by atoms with van der Waals surface area (Å²) in [6.07, 6.45) is 1.66. The first-order valence-electron chi connectivity index (χ1n) is 2.94. The van der Waals surface area contributed by atoms with Crippen molar-refractivity contribution in [2.24, 2.45) is 5.73 Å². The minimum absolute atomic E-state index is 0.477. The van der Waals surface area contributed by atoms with Crippen LogP contribution in [0.5, 0.6) is 0 Å². The first-order valence-corrected chi connectivity index (χ1v) is 2.94. The molecule has 3 heteroatoms. The topological polar surface area (TPSA) is 51.8 Å². The van der Waals surface area contributed by atoms with Crippen molar-refractivity contribution in [3.8, 4) is 0 Å². The van der Waals surface area contributed by atoms with Crippen molar-refractivity contribution in [2.45, 2.75) is 6.92 Å². The monoisotopic (exact) mass is 135 g/mol. The van der Waals surface area contributed by atoms with E-state index in [1.54, 1.807) is 12.3 Å². The number of aromatic nitrogens is 2. The molecule has 1 heterocycles. The van der Waals surface area contributed by atoms with E-state index in [1.807, 2.05) is 6.92 Å². The first-order chi connectivity index (χ1) is 4.70. The Kier molecular flexibility index (Phi) is 1.67. The maximum atomic E-state index is 5.40. The number of nitrogens with two attached hydrogens (primary N) is 1. The Bertz CT molecular complexity index is 255. The van der Waals surface area contributed by atoms with Gasteiger partial charge in [0.25, 0.3) is 0 Å². The molecule has 0 atom stereocenters. The Balaban J connectivity index is 3.07. The maximum Gasteiger partial charge on any atom is 0.125 e. The van der Waals surface area contributed by atoms with E-state index in [0.717, 1.165) is 0 Å². The van der Waals surface area contributed by atoms with Crippen LogP contribution in [0, 0.1) is 6.92 Å². The van der Waals surface area contributed by atoms with Crippen LogP contribution in [-0.2, 0) is 0 Å². The SMILES string of the molecule is C=C(N)c1ccnc(C)n1. The average molecular weight is 135 g/mol. The molecule has 1 aromatic heterocycles. The van der Waals surface area contributed by atoms with Gasteiger partial charge in [0.1, 0.15) is 5.82 Å². The van der Waals surface area contributed by atoms with Crippen molar-refractivity contribution in [1.82, 2.24) is 9.97 Å². The van der Waals surface area contributed by atoms with Crippen LogP contribution in [0.1, 0.15) is 11.5 Å². The summed E-state index contributed by atoms with van der Waals surface area (Å²) < 4.78 is 0. The highest BCUT2D eigenvalue weighted by atomic mass is 14.9. The van der Waals surface area contributed by atoms with Crippen LogP contribution in [0.25, 0.3) is 5.70 Å². The second-order valence-corrected chi connectivity index (χ2v) is 2.01. The van der Waals surface area contributed by atoms with E-state index in [2.05, 4.69) is 16.5 Å². The molecule has 0 radical (unpaired) electrons. The summed E-state index contributed by atoms with van der Waals surface area (Å²) in [5.41, 5.74) is 6.58. The summed E-state index contributed by atoms with van der Waals surface area (Å²) in [7, 11) is 0. The molecule has 10 heavy (non-hydrogen) atoms. The van der Waals surface area contributed by atoms with Gasteiger partial charge in [0.05, 0.1) is 11.4 Å². The zero-order valence-electron chi connectivity index (χ0n) is 5.83. The highest BCUT2D eigenvalue weighted by molar-refractivity contribution is 5.55. The molecule has 3 nitrogen and oxygen atoms in total. The van der Waals surface area contributed by atoms with Crippen molar-refractivity contribution in [1.29, 1.82) is 0 Å². The van der Waals surface area contributed by atoms with E-state index in [9.17, 15) is 0 Å². The summed E-state index contributed by atoms with van der Waals surface area (Å²) in [6.45, 7) is 5.37. The molecule has 0 aromatic carbocycles. The van der Waals surface area contributed by atoms with Gasteiger partial charge in [-0.3, -0.25) is 0 Å². The number of nitrogens with zero attached hydrogens (tertiary/aromatic N) is 2. The van der Waals surface area contributed by atoms with Gasteiger partial charge in [0, 0.05) is 6.20 Å². The van der Waals surface area contributed by atoms with Crippen LogP contribution in [0.2, 0.25) is 0 Å². The summed E-state index contributed by atoms with van der Waals surface area (Å²) in [6, 6.07) is 1.73. The van der Waals surface area contributed by atoms with Crippen LogP contribution in [0.3, 0.4) is 0 Å². The molecule has 0 aliphatic rings. The van der Waals surface area contributed by atoms with Gasteiger partial charge in [0.2, 0.25) is 0 Å². The average Bonchev–Trinajstić information content (AvgIpc) is 1.88. The molecule has 0 aliphatic carbocycles.